The smallest absolute Gasteiger partial charge is 0.305 e. The van der Waals surface area contributed by atoms with Crippen molar-refractivity contribution in [1.29, 1.82) is 0 Å². The quantitative estimate of drug-likeness (QED) is 0.829. The summed E-state index contributed by atoms with van der Waals surface area (Å²) in [7, 11) is 1.57. The fourth-order valence-corrected chi connectivity index (χ4v) is 2.13. The summed E-state index contributed by atoms with van der Waals surface area (Å²) in [6, 6.07) is 2.93. The van der Waals surface area contributed by atoms with Crippen LogP contribution < -0.4 is 15.2 Å². The zero-order chi connectivity index (χ0) is 13.8. The van der Waals surface area contributed by atoms with E-state index in [1.807, 2.05) is 0 Å². The molecule has 0 saturated carbocycles. The van der Waals surface area contributed by atoms with Gasteiger partial charge in [-0.15, -0.1) is 0 Å². The summed E-state index contributed by atoms with van der Waals surface area (Å²) in [5.74, 6) is 0.307. The molecule has 6 heteroatoms. The maximum Gasteiger partial charge on any atom is 0.305 e. The van der Waals surface area contributed by atoms with Gasteiger partial charge in [-0.3, -0.25) is 4.79 Å². The Kier molecular flexibility index (Phi) is 4.24. The van der Waals surface area contributed by atoms with Gasteiger partial charge < -0.3 is 25.1 Å². The van der Waals surface area contributed by atoms with Crippen LogP contribution in [0.1, 0.15) is 23.6 Å². The van der Waals surface area contributed by atoms with Gasteiger partial charge in [0, 0.05) is 18.7 Å². The molecule has 1 heterocycles. The molecule has 3 N–H and O–H groups in total. The van der Waals surface area contributed by atoms with Gasteiger partial charge in [0.05, 0.1) is 13.0 Å². The molecule has 0 aromatic heterocycles. The van der Waals surface area contributed by atoms with E-state index < -0.39 is 12.0 Å². The summed E-state index contributed by atoms with van der Waals surface area (Å²) in [6.07, 6.45) is -0.143. The third kappa shape index (κ3) is 2.97. The Balaban J connectivity index is 2.39. The topological polar surface area (TPSA) is 91.0 Å². The van der Waals surface area contributed by atoms with E-state index in [1.54, 1.807) is 19.2 Å². The van der Waals surface area contributed by atoms with Crippen molar-refractivity contribution in [2.45, 2.75) is 19.1 Å². The van der Waals surface area contributed by atoms with Gasteiger partial charge in [0.1, 0.15) is 13.2 Å². The first kappa shape index (κ1) is 13.6. The van der Waals surface area contributed by atoms with E-state index in [0.717, 1.165) is 5.56 Å². The maximum absolute atomic E-state index is 10.8. The fourth-order valence-electron chi connectivity index (χ4n) is 2.13. The number of benzene rings is 1. The summed E-state index contributed by atoms with van der Waals surface area (Å²) >= 11 is 0. The molecule has 1 aliphatic rings. The van der Waals surface area contributed by atoms with Gasteiger partial charge in [-0.1, -0.05) is 6.07 Å². The third-order valence-electron chi connectivity index (χ3n) is 2.93. The minimum atomic E-state index is -0.939. The average Bonchev–Trinajstić information content (AvgIpc) is 2.38. The van der Waals surface area contributed by atoms with E-state index >= 15 is 0 Å². The molecular weight excluding hydrogens is 250 g/mol. The van der Waals surface area contributed by atoms with E-state index in [4.69, 9.17) is 25.1 Å². The van der Waals surface area contributed by atoms with Gasteiger partial charge in [0.25, 0.3) is 0 Å². The molecule has 1 aromatic carbocycles. The maximum atomic E-state index is 10.8. The monoisotopic (exact) mass is 267 g/mol. The molecule has 1 aromatic rings. The Morgan fingerprint density at radius 3 is 2.89 bits per heavy atom. The number of methoxy groups -OCH3 is 1. The molecule has 1 atom stereocenters. The van der Waals surface area contributed by atoms with Crippen LogP contribution in [-0.4, -0.2) is 31.4 Å². The molecule has 6 nitrogen and oxygen atoms in total. The van der Waals surface area contributed by atoms with Crippen molar-refractivity contribution >= 4 is 5.97 Å². The molecule has 0 amide bonds. The van der Waals surface area contributed by atoms with Crippen LogP contribution in [0, 0.1) is 0 Å². The highest BCUT2D eigenvalue weighted by atomic mass is 16.6. The summed E-state index contributed by atoms with van der Waals surface area (Å²) in [4.78, 5) is 10.8. The first-order valence-corrected chi connectivity index (χ1v) is 6.01. The Hall–Kier alpha value is -1.79. The van der Waals surface area contributed by atoms with Crippen LogP contribution in [0.4, 0.5) is 0 Å². The number of carboxylic acids is 1. The number of nitrogens with two attached hydrogens (primary N) is 1. The lowest BCUT2D eigenvalue weighted by Crippen LogP contribution is -2.21. The van der Waals surface area contributed by atoms with Gasteiger partial charge in [-0.25, -0.2) is 0 Å². The Bertz CT molecular complexity index is 474. The Labute approximate surface area is 111 Å². The van der Waals surface area contributed by atoms with Gasteiger partial charge in [0.15, 0.2) is 11.5 Å². The molecule has 0 radical (unpaired) electrons. The molecule has 1 aliphatic heterocycles. The number of carboxylic acid groups (broad SMARTS) is 1. The SMILES string of the molecule is COCc1c(C(N)CC(=O)O)ccc2c1OCCO2. The number of hydrogen-bond acceptors (Lipinski definition) is 5. The molecule has 1 unspecified atom stereocenters. The summed E-state index contributed by atoms with van der Waals surface area (Å²) in [5, 5.41) is 8.84. The lowest BCUT2D eigenvalue weighted by atomic mass is 9.97. The van der Waals surface area contributed by atoms with E-state index in [1.165, 1.54) is 0 Å². The second kappa shape index (κ2) is 5.90. The number of carbonyl (C=O) groups is 1. The molecule has 0 spiro atoms. The summed E-state index contributed by atoms with van der Waals surface area (Å²) in [5.41, 5.74) is 7.40. The van der Waals surface area contributed by atoms with Crippen molar-refractivity contribution in [3.05, 3.63) is 23.3 Å². The molecule has 0 fully saturated rings. The first-order valence-electron chi connectivity index (χ1n) is 6.01. The fraction of sp³-hybridized carbons (Fsp3) is 0.462. The minimum Gasteiger partial charge on any atom is -0.486 e. The molecule has 0 bridgehead atoms. The highest BCUT2D eigenvalue weighted by Gasteiger charge is 2.23. The molecular formula is C13H17NO5. The number of ether oxygens (including phenoxy) is 3. The predicted molar refractivity (Wildman–Crippen MR) is 67.3 cm³/mol. The van der Waals surface area contributed by atoms with E-state index in [-0.39, 0.29) is 6.42 Å². The van der Waals surface area contributed by atoms with Crippen LogP contribution in [0.5, 0.6) is 11.5 Å². The molecule has 19 heavy (non-hydrogen) atoms. The van der Waals surface area contributed by atoms with Crippen molar-refractivity contribution in [2.24, 2.45) is 5.73 Å². The molecule has 2 rings (SSSR count). The molecule has 0 saturated heterocycles. The standard InChI is InChI=1S/C13H17NO5/c1-17-7-9-8(10(14)6-12(15)16)2-3-11-13(9)19-5-4-18-11/h2-3,10H,4-7,14H2,1H3,(H,15,16). The third-order valence-corrected chi connectivity index (χ3v) is 2.93. The zero-order valence-electron chi connectivity index (χ0n) is 10.7. The highest BCUT2D eigenvalue weighted by molar-refractivity contribution is 5.68. The van der Waals surface area contributed by atoms with Gasteiger partial charge in [-0.2, -0.15) is 0 Å². The number of rotatable bonds is 5. The number of hydrogen-bond donors (Lipinski definition) is 2. The molecule has 0 aliphatic carbocycles. The second-order valence-electron chi connectivity index (χ2n) is 4.29. The van der Waals surface area contributed by atoms with E-state index in [9.17, 15) is 4.79 Å². The van der Waals surface area contributed by atoms with Crippen molar-refractivity contribution < 1.29 is 24.1 Å². The van der Waals surface area contributed by atoms with Gasteiger partial charge in [0.2, 0.25) is 0 Å². The summed E-state index contributed by atoms with van der Waals surface area (Å²) in [6.45, 7) is 1.26. The summed E-state index contributed by atoms with van der Waals surface area (Å²) < 4.78 is 16.2. The predicted octanol–water partition coefficient (Wildman–Crippen LogP) is 1.08. The van der Waals surface area contributed by atoms with Crippen LogP contribution in [0.25, 0.3) is 0 Å². The Morgan fingerprint density at radius 2 is 2.21 bits per heavy atom. The van der Waals surface area contributed by atoms with Gasteiger partial charge >= 0.3 is 5.97 Å². The van der Waals surface area contributed by atoms with Crippen LogP contribution in [0.15, 0.2) is 12.1 Å². The normalized spacial score (nSPS) is 15.1. The zero-order valence-corrected chi connectivity index (χ0v) is 10.7. The van der Waals surface area contributed by atoms with Crippen LogP contribution in [-0.2, 0) is 16.1 Å². The lowest BCUT2D eigenvalue weighted by molar-refractivity contribution is -0.137. The first-order chi connectivity index (χ1) is 9.13. The van der Waals surface area contributed by atoms with E-state index in [0.29, 0.717) is 36.9 Å². The van der Waals surface area contributed by atoms with Crippen LogP contribution >= 0.6 is 0 Å². The van der Waals surface area contributed by atoms with Crippen molar-refractivity contribution in [3.8, 4) is 11.5 Å². The number of aliphatic carboxylic acids is 1. The van der Waals surface area contributed by atoms with Crippen LogP contribution in [0.2, 0.25) is 0 Å². The Morgan fingerprint density at radius 1 is 1.47 bits per heavy atom. The lowest BCUT2D eigenvalue weighted by Gasteiger charge is -2.24. The second-order valence-corrected chi connectivity index (χ2v) is 4.29. The van der Waals surface area contributed by atoms with Crippen molar-refractivity contribution in [3.63, 3.8) is 0 Å². The van der Waals surface area contributed by atoms with Gasteiger partial charge in [-0.05, 0) is 11.6 Å². The van der Waals surface area contributed by atoms with Crippen molar-refractivity contribution in [2.75, 3.05) is 20.3 Å². The van der Waals surface area contributed by atoms with Crippen molar-refractivity contribution in [1.82, 2.24) is 0 Å². The largest absolute Gasteiger partial charge is 0.486 e. The highest BCUT2D eigenvalue weighted by Crippen LogP contribution is 2.38. The van der Waals surface area contributed by atoms with E-state index in [2.05, 4.69) is 0 Å². The number of fused-ring (bicyclic) bond motifs is 1. The average molecular weight is 267 g/mol. The van der Waals surface area contributed by atoms with Crippen LogP contribution in [0.3, 0.4) is 0 Å². The minimum absolute atomic E-state index is 0.143. The molecule has 104 valence electrons.